The van der Waals surface area contributed by atoms with Crippen LogP contribution in [0, 0.1) is 5.92 Å². The number of aromatic nitrogens is 2. The number of hydrogen-bond donors (Lipinski definition) is 1. The second kappa shape index (κ2) is 8.31. The molecule has 0 amide bonds. The largest absolute Gasteiger partial charge is 0.368 e. The predicted octanol–water partition coefficient (Wildman–Crippen LogP) is 3.92. The highest BCUT2D eigenvalue weighted by Gasteiger charge is 2.27. The molecule has 0 spiro atoms. The van der Waals surface area contributed by atoms with Gasteiger partial charge >= 0.3 is 0 Å². The molecule has 2 aliphatic heterocycles. The van der Waals surface area contributed by atoms with E-state index in [1.54, 1.807) is 0 Å². The molecule has 1 aromatic carbocycles. The van der Waals surface area contributed by atoms with Gasteiger partial charge in [-0.3, -0.25) is 0 Å². The predicted molar refractivity (Wildman–Crippen MR) is 119 cm³/mol. The molecule has 0 bridgehead atoms. The summed E-state index contributed by atoms with van der Waals surface area (Å²) in [6, 6.07) is 8.68. The molecule has 5 rings (SSSR count). The molecule has 0 radical (unpaired) electrons. The minimum Gasteiger partial charge on any atom is -0.368 e. The monoisotopic (exact) mass is 391 g/mol. The molecule has 29 heavy (non-hydrogen) atoms. The van der Waals surface area contributed by atoms with Gasteiger partial charge in [0.1, 0.15) is 5.82 Å². The molecule has 3 heterocycles. The van der Waals surface area contributed by atoms with Crippen LogP contribution >= 0.6 is 0 Å². The maximum absolute atomic E-state index is 6.22. The molecule has 3 aliphatic rings. The van der Waals surface area contributed by atoms with Gasteiger partial charge in [0, 0.05) is 24.2 Å². The van der Waals surface area contributed by atoms with Crippen LogP contribution in [0.15, 0.2) is 24.3 Å². The standard InChI is InChI=1S/C24H33N5/c25-24-26-22-20-10-2-1-8-19(20)9-5-11-21(22)23(27-24)29-15-6-7-18(17-29)12-16-28-13-3-4-14-28/h1-2,8,10,18H,3-7,9,11-17H2,(H2,25,26,27). The van der Waals surface area contributed by atoms with Crippen molar-refractivity contribution in [3.63, 3.8) is 0 Å². The Bertz CT molecular complexity index is 858. The van der Waals surface area contributed by atoms with E-state index in [1.807, 2.05) is 0 Å². The Kier molecular flexibility index (Phi) is 5.40. The molecule has 0 saturated carbocycles. The molecule has 1 atom stereocenters. The highest BCUT2D eigenvalue weighted by Crippen LogP contribution is 2.37. The number of piperidine rings is 1. The summed E-state index contributed by atoms with van der Waals surface area (Å²) in [4.78, 5) is 14.7. The average Bonchev–Trinajstić information content (AvgIpc) is 3.20. The molecule has 5 heteroatoms. The first-order valence-corrected chi connectivity index (χ1v) is 11.5. The molecular weight excluding hydrogens is 358 g/mol. The Morgan fingerprint density at radius 3 is 2.72 bits per heavy atom. The van der Waals surface area contributed by atoms with E-state index in [4.69, 9.17) is 15.7 Å². The number of nitrogens with two attached hydrogens (primary N) is 1. The van der Waals surface area contributed by atoms with Crippen LogP contribution in [0.1, 0.15) is 49.7 Å². The van der Waals surface area contributed by atoms with Crippen molar-refractivity contribution in [2.24, 2.45) is 5.92 Å². The molecule has 1 unspecified atom stereocenters. The Hall–Kier alpha value is -2.14. The number of likely N-dealkylation sites (tertiary alicyclic amines) is 1. The Morgan fingerprint density at radius 2 is 1.83 bits per heavy atom. The molecular formula is C24H33N5. The summed E-state index contributed by atoms with van der Waals surface area (Å²) in [5, 5.41) is 0. The summed E-state index contributed by atoms with van der Waals surface area (Å²) in [7, 11) is 0. The summed E-state index contributed by atoms with van der Waals surface area (Å²) < 4.78 is 0. The van der Waals surface area contributed by atoms with Crippen LogP contribution in [0.3, 0.4) is 0 Å². The van der Waals surface area contributed by atoms with Crippen molar-refractivity contribution in [1.29, 1.82) is 0 Å². The minimum atomic E-state index is 0.412. The van der Waals surface area contributed by atoms with Gasteiger partial charge in [-0.15, -0.1) is 0 Å². The fourth-order valence-corrected chi connectivity index (χ4v) is 5.49. The van der Waals surface area contributed by atoms with Crippen LogP contribution in [0.2, 0.25) is 0 Å². The third-order valence-electron chi connectivity index (χ3n) is 7.02. The number of benzene rings is 1. The third-order valence-corrected chi connectivity index (χ3v) is 7.02. The van der Waals surface area contributed by atoms with Crippen LogP contribution in [0.5, 0.6) is 0 Å². The van der Waals surface area contributed by atoms with Gasteiger partial charge < -0.3 is 15.5 Å². The van der Waals surface area contributed by atoms with E-state index in [9.17, 15) is 0 Å². The zero-order chi connectivity index (χ0) is 19.6. The number of nitrogens with zero attached hydrogens (tertiary/aromatic N) is 4. The first-order valence-electron chi connectivity index (χ1n) is 11.5. The number of nitrogen functional groups attached to an aromatic ring is 1. The highest BCUT2D eigenvalue weighted by atomic mass is 15.2. The Balaban J connectivity index is 1.40. The quantitative estimate of drug-likeness (QED) is 0.856. The normalized spacial score (nSPS) is 22.2. The number of aryl methyl sites for hydroxylation is 1. The Labute approximate surface area is 174 Å². The number of hydrogen-bond acceptors (Lipinski definition) is 5. The van der Waals surface area contributed by atoms with Crippen molar-refractivity contribution in [3.8, 4) is 11.3 Å². The van der Waals surface area contributed by atoms with E-state index >= 15 is 0 Å². The lowest BCUT2D eigenvalue weighted by atomic mass is 9.93. The van der Waals surface area contributed by atoms with Crippen molar-refractivity contribution in [2.75, 3.05) is 43.4 Å². The lowest BCUT2D eigenvalue weighted by molar-refractivity contribution is 0.284. The molecule has 2 N–H and O–H groups in total. The van der Waals surface area contributed by atoms with E-state index in [2.05, 4.69) is 34.1 Å². The smallest absolute Gasteiger partial charge is 0.222 e. The van der Waals surface area contributed by atoms with Crippen LogP contribution in [0.25, 0.3) is 11.3 Å². The van der Waals surface area contributed by atoms with Gasteiger partial charge in [-0.25, -0.2) is 4.98 Å². The maximum atomic E-state index is 6.22. The molecule has 1 aromatic heterocycles. The van der Waals surface area contributed by atoms with Crippen molar-refractivity contribution in [3.05, 3.63) is 35.4 Å². The van der Waals surface area contributed by atoms with Gasteiger partial charge in [0.2, 0.25) is 5.95 Å². The summed E-state index contributed by atoms with van der Waals surface area (Å²) in [6.07, 6.45) is 9.95. The van der Waals surface area contributed by atoms with Gasteiger partial charge in [-0.05, 0) is 82.5 Å². The zero-order valence-corrected chi connectivity index (χ0v) is 17.4. The topological polar surface area (TPSA) is 58.3 Å². The lowest BCUT2D eigenvalue weighted by Gasteiger charge is -2.35. The number of rotatable bonds is 4. The van der Waals surface area contributed by atoms with E-state index in [0.29, 0.717) is 5.95 Å². The first kappa shape index (κ1) is 18.9. The second-order valence-corrected chi connectivity index (χ2v) is 9.03. The number of fused-ring (bicyclic) bond motifs is 3. The molecule has 5 nitrogen and oxygen atoms in total. The van der Waals surface area contributed by atoms with Crippen LogP contribution < -0.4 is 10.6 Å². The van der Waals surface area contributed by atoms with Crippen LogP contribution in [0.4, 0.5) is 11.8 Å². The van der Waals surface area contributed by atoms with Gasteiger partial charge in [0.15, 0.2) is 0 Å². The summed E-state index contributed by atoms with van der Waals surface area (Å²) in [5.74, 6) is 2.28. The average molecular weight is 392 g/mol. The van der Waals surface area contributed by atoms with E-state index < -0.39 is 0 Å². The van der Waals surface area contributed by atoms with Gasteiger partial charge in [0.05, 0.1) is 5.69 Å². The second-order valence-electron chi connectivity index (χ2n) is 9.03. The minimum absolute atomic E-state index is 0.412. The summed E-state index contributed by atoms with van der Waals surface area (Å²) >= 11 is 0. The fraction of sp³-hybridized carbons (Fsp3) is 0.583. The van der Waals surface area contributed by atoms with Crippen LogP contribution in [-0.4, -0.2) is 47.6 Å². The first-order chi connectivity index (χ1) is 14.3. The van der Waals surface area contributed by atoms with Gasteiger partial charge in [-0.2, -0.15) is 4.98 Å². The number of anilines is 2. The molecule has 1 aliphatic carbocycles. The maximum Gasteiger partial charge on any atom is 0.222 e. The zero-order valence-electron chi connectivity index (χ0n) is 17.4. The molecule has 154 valence electrons. The van der Waals surface area contributed by atoms with Crippen molar-refractivity contribution < 1.29 is 0 Å². The Morgan fingerprint density at radius 1 is 0.966 bits per heavy atom. The summed E-state index contributed by atoms with van der Waals surface area (Å²) in [6.45, 7) is 6.05. The van der Waals surface area contributed by atoms with E-state index in [-0.39, 0.29) is 0 Å². The van der Waals surface area contributed by atoms with Crippen molar-refractivity contribution >= 4 is 11.8 Å². The lowest BCUT2D eigenvalue weighted by Crippen LogP contribution is -2.38. The third kappa shape index (κ3) is 3.97. The summed E-state index contributed by atoms with van der Waals surface area (Å²) in [5.41, 5.74) is 11.2. The van der Waals surface area contributed by atoms with E-state index in [0.717, 1.165) is 49.8 Å². The molecule has 2 saturated heterocycles. The van der Waals surface area contributed by atoms with Crippen molar-refractivity contribution in [2.45, 2.75) is 51.4 Å². The van der Waals surface area contributed by atoms with E-state index in [1.165, 1.54) is 68.4 Å². The fourth-order valence-electron chi connectivity index (χ4n) is 5.49. The van der Waals surface area contributed by atoms with Crippen molar-refractivity contribution in [1.82, 2.24) is 14.9 Å². The van der Waals surface area contributed by atoms with Gasteiger partial charge in [0.25, 0.3) is 0 Å². The molecule has 2 aromatic rings. The molecule has 2 fully saturated rings. The van der Waals surface area contributed by atoms with Crippen LogP contribution in [-0.2, 0) is 12.8 Å². The SMILES string of the molecule is Nc1nc2c(c(N3CCCC(CCN4CCCC4)C3)n1)CCCc1ccccc1-2. The van der Waals surface area contributed by atoms with Gasteiger partial charge in [-0.1, -0.05) is 24.3 Å². The highest BCUT2D eigenvalue weighted by molar-refractivity contribution is 5.74.